The lowest BCUT2D eigenvalue weighted by molar-refractivity contribution is -0.274. The number of carbonyl (C=O) groups excluding carboxylic acids is 1. The quantitative estimate of drug-likeness (QED) is 0.858. The molecule has 0 radical (unpaired) electrons. The molecule has 2 aromatic rings. The van der Waals surface area contributed by atoms with Crippen molar-refractivity contribution in [3.05, 3.63) is 52.8 Å². The highest BCUT2D eigenvalue weighted by molar-refractivity contribution is 6.30. The molecular formula is C14H10ClF3N2O2. The lowest BCUT2D eigenvalue weighted by Crippen LogP contribution is -2.17. The van der Waals surface area contributed by atoms with Gasteiger partial charge in [0.05, 0.1) is 5.56 Å². The van der Waals surface area contributed by atoms with Crippen LogP contribution in [0.25, 0.3) is 0 Å². The number of amides is 1. The first kappa shape index (κ1) is 16.1. The highest BCUT2D eigenvalue weighted by Gasteiger charge is 2.30. The summed E-state index contributed by atoms with van der Waals surface area (Å²) in [4.78, 5) is 15.8. The Morgan fingerprint density at radius 2 is 1.91 bits per heavy atom. The van der Waals surface area contributed by atoms with Crippen molar-refractivity contribution >= 4 is 23.2 Å². The number of ether oxygens (including phenoxy) is 1. The Hall–Kier alpha value is -2.28. The van der Waals surface area contributed by atoms with Crippen molar-refractivity contribution in [1.82, 2.24) is 4.98 Å². The number of anilines is 1. The van der Waals surface area contributed by atoms with Crippen molar-refractivity contribution < 1.29 is 22.7 Å². The molecular weight excluding hydrogens is 321 g/mol. The largest absolute Gasteiger partial charge is 0.573 e. The second-order valence-corrected chi connectivity index (χ2v) is 4.72. The predicted octanol–water partition coefficient (Wildman–Crippen LogP) is 4.19. The van der Waals surface area contributed by atoms with E-state index in [1.807, 2.05) is 0 Å². The zero-order valence-corrected chi connectivity index (χ0v) is 12.0. The summed E-state index contributed by atoms with van der Waals surface area (Å²) in [5.41, 5.74) is 1.26. The fourth-order valence-corrected chi connectivity index (χ4v) is 1.73. The first-order valence-electron chi connectivity index (χ1n) is 6.04. The lowest BCUT2D eigenvalue weighted by atomic mass is 10.2. The van der Waals surface area contributed by atoms with Crippen molar-refractivity contribution in [2.75, 3.05) is 5.32 Å². The molecule has 1 heterocycles. The van der Waals surface area contributed by atoms with Crippen molar-refractivity contribution in [2.45, 2.75) is 13.3 Å². The summed E-state index contributed by atoms with van der Waals surface area (Å²) >= 11 is 5.77. The molecule has 1 aromatic heterocycles. The molecule has 2 rings (SSSR count). The highest BCUT2D eigenvalue weighted by Crippen LogP contribution is 2.24. The minimum atomic E-state index is -4.75. The van der Waals surface area contributed by atoms with Gasteiger partial charge in [-0.2, -0.15) is 0 Å². The molecule has 0 atom stereocenters. The van der Waals surface area contributed by atoms with Gasteiger partial charge in [-0.25, -0.2) is 4.98 Å². The maximum Gasteiger partial charge on any atom is 0.573 e. The number of aromatic nitrogens is 1. The number of pyridine rings is 1. The molecule has 0 bridgehead atoms. The lowest BCUT2D eigenvalue weighted by Gasteiger charge is -2.10. The van der Waals surface area contributed by atoms with Gasteiger partial charge in [-0.3, -0.25) is 4.79 Å². The van der Waals surface area contributed by atoms with E-state index in [1.54, 1.807) is 13.0 Å². The Labute approximate surface area is 128 Å². The van der Waals surface area contributed by atoms with Gasteiger partial charge in [0.1, 0.15) is 10.9 Å². The van der Waals surface area contributed by atoms with Gasteiger partial charge in [0.25, 0.3) is 5.91 Å². The average molecular weight is 331 g/mol. The van der Waals surface area contributed by atoms with Crippen LogP contribution in [-0.4, -0.2) is 17.3 Å². The van der Waals surface area contributed by atoms with Gasteiger partial charge >= 0.3 is 6.36 Å². The molecule has 4 nitrogen and oxygen atoms in total. The summed E-state index contributed by atoms with van der Waals surface area (Å²) in [7, 11) is 0. The van der Waals surface area contributed by atoms with Crippen LogP contribution in [0.4, 0.5) is 18.9 Å². The van der Waals surface area contributed by atoms with Crippen LogP contribution in [0, 0.1) is 6.92 Å². The maximum atomic E-state index is 12.0. The van der Waals surface area contributed by atoms with Crippen LogP contribution >= 0.6 is 11.6 Å². The second kappa shape index (κ2) is 6.23. The van der Waals surface area contributed by atoms with Gasteiger partial charge in [0.15, 0.2) is 0 Å². The molecule has 1 aromatic carbocycles. The van der Waals surface area contributed by atoms with Gasteiger partial charge < -0.3 is 10.1 Å². The van der Waals surface area contributed by atoms with Crippen LogP contribution in [0.3, 0.4) is 0 Å². The first-order chi connectivity index (χ1) is 10.2. The Balaban J connectivity index is 2.07. The normalized spacial score (nSPS) is 11.1. The van der Waals surface area contributed by atoms with E-state index >= 15 is 0 Å². The molecule has 0 unspecified atom stereocenters. The third-order valence-corrected chi connectivity index (χ3v) is 3.02. The average Bonchev–Trinajstić information content (AvgIpc) is 2.42. The maximum absolute atomic E-state index is 12.0. The number of hydrogen-bond donors (Lipinski definition) is 1. The van der Waals surface area contributed by atoms with Gasteiger partial charge in [-0.15, -0.1) is 13.2 Å². The van der Waals surface area contributed by atoms with Crippen LogP contribution < -0.4 is 10.1 Å². The zero-order valence-electron chi connectivity index (χ0n) is 11.2. The molecule has 0 aliphatic rings. The molecule has 1 amide bonds. The van der Waals surface area contributed by atoms with Crippen LogP contribution in [0.1, 0.15) is 15.9 Å². The van der Waals surface area contributed by atoms with E-state index in [9.17, 15) is 18.0 Å². The van der Waals surface area contributed by atoms with Gasteiger partial charge in [-0.1, -0.05) is 11.6 Å². The Morgan fingerprint density at radius 1 is 1.27 bits per heavy atom. The number of rotatable bonds is 3. The molecule has 8 heteroatoms. The van der Waals surface area contributed by atoms with Crippen LogP contribution in [-0.2, 0) is 0 Å². The number of benzene rings is 1. The molecule has 116 valence electrons. The minimum absolute atomic E-state index is 0.289. The van der Waals surface area contributed by atoms with E-state index in [2.05, 4.69) is 15.0 Å². The van der Waals surface area contributed by atoms with Crippen LogP contribution in [0.2, 0.25) is 5.15 Å². The summed E-state index contributed by atoms with van der Waals surface area (Å²) in [6.07, 6.45) is -3.44. The van der Waals surface area contributed by atoms with Crippen molar-refractivity contribution in [3.63, 3.8) is 0 Å². The molecule has 0 fully saturated rings. The van der Waals surface area contributed by atoms with E-state index in [0.29, 0.717) is 16.4 Å². The Bertz CT molecular complexity index is 687. The van der Waals surface area contributed by atoms with E-state index in [1.165, 1.54) is 18.3 Å². The van der Waals surface area contributed by atoms with Crippen LogP contribution in [0.15, 0.2) is 36.5 Å². The van der Waals surface area contributed by atoms with Crippen molar-refractivity contribution in [3.8, 4) is 5.75 Å². The number of halogens is 4. The van der Waals surface area contributed by atoms with Crippen LogP contribution in [0.5, 0.6) is 5.75 Å². The number of nitrogens with zero attached hydrogens (tertiary/aromatic N) is 1. The Kier molecular flexibility index (Phi) is 4.56. The van der Waals surface area contributed by atoms with E-state index in [0.717, 1.165) is 12.1 Å². The number of hydrogen-bond acceptors (Lipinski definition) is 3. The molecule has 0 aliphatic carbocycles. The summed E-state index contributed by atoms with van der Waals surface area (Å²) in [6.45, 7) is 1.70. The third-order valence-electron chi connectivity index (χ3n) is 2.62. The summed E-state index contributed by atoms with van der Waals surface area (Å²) < 4.78 is 39.8. The predicted molar refractivity (Wildman–Crippen MR) is 75.1 cm³/mol. The van der Waals surface area contributed by atoms with E-state index < -0.39 is 12.3 Å². The highest BCUT2D eigenvalue weighted by atomic mass is 35.5. The fourth-order valence-electron chi connectivity index (χ4n) is 1.63. The van der Waals surface area contributed by atoms with Gasteiger partial charge in [-0.05, 0) is 42.8 Å². The van der Waals surface area contributed by atoms with Crippen molar-refractivity contribution in [2.24, 2.45) is 0 Å². The molecule has 0 aliphatic heterocycles. The first-order valence-corrected chi connectivity index (χ1v) is 6.42. The molecule has 0 saturated heterocycles. The zero-order chi connectivity index (χ0) is 16.3. The minimum Gasteiger partial charge on any atom is -0.406 e. The fraction of sp³-hybridized carbons (Fsp3) is 0.143. The molecule has 0 saturated carbocycles. The van der Waals surface area contributed by atoms with E-state index in [4.69, 9.17) is 11.6 Å². The Morgan fingerprint density at radius 3 is 2.45 bits per heavy atom. The second-order valence-electron chi connectivity index (χ2n) is 4.36. The smallest absolute Gasteiger partial charge is 0.406 e. The summed E-state index contributed by atoms with van der Waals surface area (Å²) in [5.74, 6) is -0.814. The molecule has 22 heavy (non-hydrogen) atoms. The SMILES string of the molecule is Cc1cc(C(=O)Nc2ccc(OC(F)(F)F)cc2)cnc1Cl. The summed E-state index contributed by atoms with van der Waals surface area (Å²) in [5, 5.41) is 2.83. The topological polar surface area (TPSA) is 51.2 Å². The van der Waals surface area contributed by atoms with Gasteiger partial charge in [0.2, 0.25) is 0 Å². The number of nitrogens with one attached hydrogen (secondary N) is 1. The molecule has 0 spiro atoms. The standard InChI is InChI=1S/C14H10ClF3N2O2/c1-8-6-9(7-19-12(8)15)13(21)20-10-2-4-11(5-3-10)22-14(16,17)18/h2-7H,1H3,(H,20,21). The number of aryl methyl sites for hydroxylation is 1. The van der Waals surface area contributed by atoms with E-state index in [-0.39, 0.29) is 11.3 Å². The third kappa shape index (κ3) is 4.36. The summed E-state index contributed by atoms with van der Waals surface area (Å²) in [6, 6.07) is 6.37. The molecule has 1 N–H and O–H groups in total. The number of alkyl halides is 3. The monoisotopic (exact) mass is 330 g/mol. The number of carbonyl (C=O) groups is 1. The van der Waals surface area contributed by atoms with Gasteiger partial charge in [0, 0.05) is 11.9 Å². The van der Waals surface area contributed by atoms with Crippen molar-refractivity contribution in [1.29, 1.82) is 0 Å².